The first-order valence-corrected chi connectivity index (χ1v) is 12.0. The fourth-order valence-corrected chi connectivity index (χ4v) is 5.06. The topological polar surface area (TPSA) is 83.5 Å². The van der Waals surface area contributed by atoms with Gasteiger partial charge < -0.3 is 19.5 Å². The Morgan fingerprint density at radius 1 is 0.914 bits per heavy atom. The molecule has 0 saturated carbocycles. The van der Waals surface area contributed by atoms with Gasteiger partial charge in [0, 0.05) is 54.4 Å². The molecule has 2 aliphatic heterocycles. The Balaban J connectivity index is 1.34. The van der Waals surface area contributed by atoms with Gasteiger partial charge in [-0.3, -0.25) is 14.3 Å². The second-order valence-corrected chi connectivity index (χ2v) is 9.05. The molecule has 1 saturated heterocycles. The molecule has 4 aromatic rings. The Morgan fingerprint density at radius 2 is 1.69 bits per heavy atom. The standard InChI is InChI=1S/C27H27N5O3/c33-26(21-16-28-23-9-5-4-8-20(21)23)31-11-10-24-22(18-31)25(27(34)30-12-14-35-15-13-30)29-32(24)17-19-6-2-1-3-7-19/h1-9,16,28H,10-15,17-18H2. The molecule has 2 amide bonds. The molecule has 1 fully saturated rings. The minimum Gasteiger partial charge on any atom is -0.378 e. The van der Waals surface area contributed by atoms with E-state index in [0.717, 1.165) is 27.7 Å². The molecule has 0 bridgehead atoms. The summed E-state index contributed by atoms with van der Waals surface area (Å²) < 4.78 is 7.38. The Morgan fingerprint density at radius 3 is 2.51 bits per heavy atom. The molecular weight excluding hydrogens is 442 g/mol. The average molecular weight is 470 g/mol. The number of fused-ring (bicyclic) bond motifs is 2. The number of benzene rings is 2. The number of aromatic nitrogens is 3. The third-order valence-electron chi connectivity index (χ3n) is 6.92. The summed E-state index contributed by atoms with van der Waals surface area (Å²) in [4.78, 5) is 33.9. The number of carbonyl (C=O) groups excluding carboxylic acids is 2. The van der Waals surface area contributed by atoms with Crippen molar-refractivity contribution in [3.8, 4) is 0 Å². The van der Waals surface area contributed by atoms with Crippen molar-refractivity contribution in [3.05, 3.63) is 88.9 Å². The number of carbonyl (C=O) groups is 2. The van der Waals surface area contributed by atoms with E-state index < -0.39 is 0 Å². The van der Waals surface area contributed by atoms with E-state index in [4.69, 9.17) is 9.84 Å². The number of amides is 2. The van der Waals surface area contributed by atoms with E-state index in [-0.39, 0.29) is 11.8 Å². The molecular formula is C27H27N5O3. The van der Waals surface area contributed by atoms with Crippen LogP contribution in [0.5, 0.6) is 0 Å². The van der Waals surface area contributed by atoms with Crippen LogP contribution in [-0.2, 0) is 24.2 Å². The van der Waals surface area contributed by atoms with Crippen molar-refractivity contribution in [1.29, 1.82) is 0 Å². The van der Waals surface area contributed by atoms with Gasteiger partial charge in [0.1, 0.15) is 0 Å². The minimum absolute atomic E-state index is 0.0336. The predicted octanol–water partition coefficient (Wildman–Crippen LogP) is 3.08. The van der Waals surface area contributed by atoms with E-state index in [0.29, 0.717) is 63.6 Å². The number of ether oxygens (including phenoxy) is 1. The molecule has 8 nitrogen and oxygen atoms in total. The number of nitrogens with one attached hydrogen (secondary N) is 1. The fraction of sp³-hybridized carbons (Fsp3) is 0.296. The van der Waals surface area contributed by atoms with E-state index in [1.54, 1.807) is 11.1 Å². The monoisotopic (exact) mass is 469 g/mol. The highest BCUT2D eigenvalue weighted by Crippen LogP contribution is 2.28. The molecule has 6 rings (SSSR count). The Kier molecular flexibility index (Phi) is 5.58. The number of aromatic amines is 1. The Labute approximate surface area is 203 Å². The summed E-state index contributed by atoms with van der Waals surface area (Å²) in [6.45, 7) is 3.71. The maximum absolute atomic E-state index is 13.5. The third-order valence-corrected chi connectivity index (χ3v) is 6.92. The van der Waals surface area contributed by atoms with E-state index in [1.807, 2.05) is 52.0 Å². The summed E-state index contributed by atoms with van der Waals surface area (Å²) in [5, 5.41) is 5.72. The van der Waals surface area contributed by atoms with Crippen LogP contribution < -0.4 is 0 Å². The van der Waals surface area contributed by atoms with Crippen LogP contribution in [0, 0.1) is 0 Å². The third kappa shape index (κ3) is 4.00. The van der Waals surface area contributed by atoms with Gasteiger partial charge >= 0.3 is 0 Å². The number of hydrogen-bond acceptors (Lipinski definition) is 4. The first-order valence-electron chi connectivity index (χ1n) is 12.0. The zero-order chi connectivity index (χ0) is 23.8. The number of H-pyrrole nitrogens is 1. The molecule has 4 heterocycles. The molecule has 178 valence electrons. The second kappa shape index (κ2) is 9.03. The van der Waals surface area contributed by atoms with Gasteiger partial charge in [0.15, 0.2) is 5.69 Å². The van der Waals surface area contributed by atoms with Crippen molar-refractivity contribution in [2.75, 3.05) is 32.8 Å². The molecule has 2 aliphatic rings. The number of morpholine rings is 1. The maximum atomic E-state index is 13.5. The summed E-state index contributed by atoms with van der Waals surface area (Å²) >= 11 is 0. The Hall–Kier alpha value is -3.91. The van der Waals surface area contributed by atoms with Crippen LogP contribution in [-0.4, -0.2) is 69.2 Å². The van der Waals surface area contributed by atoms with Crippen LogP contribution >= 0.6 is 0 Å². The van der Waals surface area contributed by atoms with E-state index in [9.17, 15) is 9.59 Å². The lowest BCUT2D eigenvalue weighted by molar-refractivity contribution is 0.0296. The summed E-state index contributed by atoms with van der Waals surface area (Å²) in [5.41, 5.74) is 5.06. The molecule has 0 aliphatic carbocycles. The molecule has 1 N–H and O–H groups in total. The van der Waals surface area contributed by atoms with Crippen LogP contribution in [0.15, 0.2) is 60.8 Å². The van der Waals surface area contributed by atoms with Gasteiger partial charge in [0.25, 0.3) is 11.8 Å². The van der Waals surface area contributed by atoms with Crippen molar-refractivity contribution in [3.63, 3.8) is 0 Å². The van der Waals surface area contributed by atoms with Crippen LogP contribution in [0.3, 0.4) is 0 Å². The zero-order valence-corrected chi connectivity index (χ0v) is 19.4. The van der Waals surface area contributed by atoms with Gasteiger partial charge in [-0.15, -0.1) is 0 Å². The van der Waals surface area contributed by atoms with Gasteiger partial charge in [0.2, 0.25) is 0 Å². The highest BCUT2D eigenvalue weighted by atomic mass is 16.5. The molecule has 2 aromatic carbocycles. The Bertz CT molecular complexity index is 1380. The SMILES string of the molecule is O=C(c1nn(Cc2ccccc2)c2c1CN(C(=O)c1c[nH]c3ccccc13)CC2)N1CCOCC1. The quantitative estimate of drug-likeness (QED) is 0.498. The summed E-state index contributed by atoms with van der Waals surface area (Å²) in [5.74, 6) is -0.119. The zero-order valence-electron chi connectivity index (χ0n) is 19.4. The van der Waals surface area contributed by atoms with Crippen molar-refractivity contribution in [1.82, 2.24) is 24.6 Å². The lowest BCUT2D eigenvalue weighted by atomic mass is 10.0. The second-order valence-electron chi connectivity index (χ2n) is 9.05. The smallest absolute Gasteiger partial charge is 0.274 e. The lowest BCUT2D eigenvalue weighted by Gasteiger charge is -2.29. The van der Waals surface area contributed by atoms with Crippen molar-refractivity contribution < 1.29 is 14.3 Å². The highest BCUT2D eigenvalue weighted by molar-refractivity contribution is 6.06. The first kappa shape index (κ1) is 21.6. The molecule has 8 heteroatoms. The van der Waals surface area contributed by atoms with E-state index in [2.05, 4.69) is 17.1 Å². The molecule has 0 unspecified atom stereocenters. The fourth-order valence-electron chi connectivity index (χ4n) is 5.06. The highest BCUT2D eigenvalue weighted by Gasteiger charge is 2.33. The molecule has 35 heavy (non-hydrogen) atoms. The van der Waals surface area contributed by atoms with E-state index >= 15 is 0 Å². The van der Waals surface area contributed by atoms with E-state index in [1.165, 1.54) is 0 Å². The first-order chi connectivity index (χ1) is 17.2. The van der Waals surface area contributed by atoms with Crippen molar-refractivity contribution >= 4 is 22.7 Å². The molecule has 0 atom stereocenters. The normalized spacial score (nSPS) is 15.9. The largest absolute Gasteiger partial charge is 0.378 e. The number of rotatable bonds is 4. The number of nitrogens with zero attached hydrogens (tertiary/aromatic N) is 4. The summed E-state index contributed by atoms with van der Waals surface area (Å²) in [7, 11) is 0. The lowest BCUT2D eigenvalue weighted by Crippen LogP contribution is -2.42. The number of hydrogen-bond donors (Lipinski definition) is 1. The summed E-state index contributed by atoms with van der Waals surface area (Å²) in [6, 6.07) is 17.9. The van der Waals surface area contributed by atoms with Crippen molar-refractivity contribution in [2.45, 2.75) is 19.5 Å². The molecule has 0 spiro atoms. The predicted molar refractivity (Wildman–Crippen MR) is 131 cm³/mol. The van der Waals surface area contributed by atoms with Gasteiger partial charge in [-0.2, -0.15) is 5.10 Å². The summed E-state index contributed by atoms with van der Waals surface area (Å²) in [6.07, 6.45) is 2.43. The van der Waals surface area contributed by atoms with Gasteiger partial charge in [-0.1, -0.05) is 48.5 Å². The van der Waals surface area contributed by atoms with Crippen LogP contribution in [0.4, 0.5) is 0 Å². The van der Waals surface area contributed by atoms with Crippen molar-refractivity contribution in [2.24, 2.45) is 0 Å². The molecule has 0 radical (unpaired) electrons. The molecule has 2 aromatic heterocycles. The van der Waals surface area contributed by atoms with Gasteiger partial charge in [-0.05, 0) is 11.6 Å². The van der Waals surface area contributed by atoms with Gasteiger partial charge in [-0.25, -0.2) is 0 Å². The van der Waals surface area contributed by atoms with Gasteiger partial charge in [0.05, 0.1) is 31.9 Å². The van der Waals surface area contributed by atoms with Crippen LogP contribution in [0.2, 0.25) is 0 Å². The average Bonchev–Trinajstić information content (AvgIpc) is 3.50. The van der Waals surface area contributed by atoms with Crippen LogP contribution in [0.1, 0.15) is 37.7 Å². The number of para-hydroxylation sites is 1. The van der Waals surface area contributed by atoms with Crippen LogP contribution in [0.25, 0.3) is 10.9 Å². The minimum atomic E-state index is -0.0854. The maximum Gasteiger partial charge on any atom is 0.274 e.